The van der Waals surface area contributed by atoms with E-state index >= 15 is 0 Å². The van der Waals surface area contributed by atoms with Gasteiger partial charge in [-0.25, -0.2) is 17.9 Å². The average Bonchev–Trinajstić information content (AvgIpc) is 3.10. The molecule has 1 unspecified atom stereocenters. The average molecular weight is 370 g/mol. The van der Waals surface area contributed by atoms with Gasteiger partial charge in [0.1, 0.15) is 24.1 Å². The number of nitrogens with zero attached hydrogens (tertiary/aromatic N) is 6. The fourth-order valence-corrected chi connectivity index (χ4v) is 2.75. The van der Waals surface area contributed by atoms with Crippen LogP contribution in [0.4, 0.5) is 13.2 Å². The van der Waals surface area contributed by atoms with Gasteiger partial charge in [0.05, 0.1) is 18.8 Å². The van der Waals surface area contributed by atoms with Gasteiger partial charge < -0.3 is 14.9 Å². The minimum absolute atomic E-state index is 0.0384. The SMILES string of the molecule is [N-]=[N+]=NC1C[C@@H](n2cc(-c3cc(F)c(F)c(F)c3)nn2)[C@@H](O)[C@@H](CO)O1. The molecule has 0 aliphatic carbocycles. The molecule has 0 amide bonds. The zero-order chi connectivity index (χ0) is 18.8. The zero-order valence-electron chi connectivity index (χ0n) is 13.1. The van der Waals surface area contributed by atoms with Crippen LogP contribution in [0.2, 0.25) is 0 Å². The highest BCUT2D eigenvalue weighted by atomic mass is 19.2. The van der Waals surface area contributed by atoms with Crippen LogP contribution in [0.25, 0.3) is 21.7 Å². The first-order chi connectivity index (χ1) is 12.4. The molecule has 2 aromatic rings. The third kappa shape index (κ3) is 3.35. The number of azide groups is 1. The van der Waals surface area contributed by atoms with Crippen molar-refractivity contribution < 1.29 is 28.1 Å². The summed E-state index contributed by atoms with van der Waals surface area (Å²) in [5.74, 6) is -4.34. The molecule has 2 heterocycles. The number of aliphatic hydroxyl groups excluding tert-OH is 2. The van der Waals surface area contributed by atoms with Crippen molar-refractivity contribution >= 4 is 0 Å². The molecule has 12 heteroatoms. The molecule has 1 aromatic heterocycles. The van der Waals surface area contributed by atoms with Gasteiger partial charge in [-0.1, -0.05) is 10.3 Å². The van der Waals surface area contributed by atoms with Crippen molar-refractivity contribution in [3.05, 3.63) is 46.2 Å². The van der Waals surface area contributed by atoms with Crippen LogP contribution < -0.4 is 0 Å². The quantitative estimate of drug-likeness (QED) is 0.366. The summed E-state index contributed by atoms with van der Waals surface area (Å²) in [7, 11) is 0. The molecule has 1 fully saturated rings. The van der Waals surface area contributed by atoms with Crippen LogP contribution in [0.1, 0.15) is 12.5 Å². The van der Waals surface area contributed by atoms with Gasteiger partial charge in [-0.3, -0.25) is 0 Å². The predicted octanol–water partition coefficient (Wildman–Crippen LogP) is 1.68. The molecule has 138 valence electrons. The van der Waals surface area contributed by atoms with Crippen molar-refractivity contribution in [2.45, 2.75) is 30.9 Å². The number of halogens is 3. The van der Waals surface area contributed by atoms with Gasteiger partial charge >= 0.3 is 0 Å². The van der Waals surface area contributed by atoms with Gasteiger partial charge in [0.25, 0.3) is 0 Å². The number of aliphatic hydroxyl groups is 2. The minimum Gasteiger partial charge on any atom is -0.394 e. The number of ether oxygens (including phenoxy) is 1. The van der Waals surface area contributed by atoms with E-state index in [1.54, 1.807) is 0 Å². The van der Waals surface area contributed by atoms with E-state index in [9.17, 15) is 23.4 Å². The lowest BCUT2D eigenvalue weighted by Crippen LogP contribution is -2.47. The number of rotatable bonds is 4. The maximum atomic E-state index is 13.4. The molecular formula is C14H13F3N6O3. The molecule has 0 bridgehead atoms. The standard InChI is InChI=1S/C14H13F3N6O3/c15-7-1-6(2-8(16)13(7)17)9-4-23(22-19-9)10-3-12(20-21-18)26-11(5-24)14(10)25/h1-2,4,10-12,14,24-25H,3,5H2/t10-,11-,12?,14-/m1/s1. The molecule has 0 radical (unpaired) electrons. The van der Waals surface area contributed by atoms with Gasteiger partial charge in [0.15, 0.2) is 17.5 Å². The summed E-state index contributed by atoms with van der Waals surface area (Å²) in [4.78, 5) is 2.63. The van der Waals surface area contributed by atoms with Crippen LogP contribution in [0.3, 0.4) is 0 Å². The largest absolute Gasteiger partial charge is 0.394 e. The number of hydrogen-bond donors (Lipinski definition) is 2. The maximum Gasteiger partial charge on any atom is 0.194 e. The van der Waals surface area contributed by atoms with Crippen molar-refractivity contribution in [2.75, 3.05) is 6.61 Å². The van der Waals surface area contributed by atoms with E-state index < -0.39 is 48.5 Å². The topological polar surface area (TPSA) is 129 Å². The van der Waals surface area contributed by atoms with Crippen LogP contribution in [0.15, 0.2) is 23.4 Å². The van der Waals surface area contributed by atoms with Crippen molar-refractivity contribution in [3.63, 3.8) is 0 Å². The van der Waals surface area contributed by atoms with Crippen LogP contribution in [-0.2, 0) is 4.74 Å². The fraction of sp³-hybridized carbons (Fsp3) is 0.429. The first-order valence-corrected chi connectivity index (χ1v) is 7.50. The molecule has 1 saturated heterocycles. The van der Waals surface area contributed by atoms with E-state index in [1.807, 2.05) is 0 Å². The molecular weight excluding hydrogens is 357 g/mol. The summed E-state index contributed by atoms with van der Waals surface area (Å²) < 4.78 is 46.3. The third-order valence-electron chi connectivity index (χ3n) is 4.04. The Morgan fingerprint density at radius 3 is 2.65 bits per heavy atom. The second kappa shape index (κ2) is 7.30. The van der Waals surface area contributed by atoms with E-state index in [2.05, 4.69) is 20.3 Å². The van der Waals surface area contributed by atoms with Crippen molar-refractivity contribution in [2.24, 2.45) is 5.11 Å². The highest BCUT2D eigenvalue weighted by Gasteiger charge is 2.38. The molecule has 0 saturated carbocycles. The van der Waals surface area contributed by atoms with Gasteiger partial charge in [-0.2, -0.15) is 0 Å². The zero-order valence-corrected chi connectivity index (χ0v) is 13.1. The van der Waals surface area contributed by atoms with Crippen LogP contribution in [0, 0.1) is 17.5 Å². The molecule has 0 spiro atoms. The molecule has 2 N–H and O–H groups in total. The number of aromatic nitrogens is 3. The Morgan fingerprint density at radius 2 is 2.04 bits per heavy atom. The lowest BCUT2D eigenvalue weighted by atomic mass is 9.98. The Bertz CT molecular complexity index is 833. The van der Waals surface area contributed by atoms with E-state index in [1.165, 1.54) is 10.9 Å². The monoisotopic (exact) mass is 370 g/mol. The van der Waals surface area contributed by atoms with Crippen LogP contribution >= 0.6 is 0 Å². The van der Waals surface area contributed by atoms with Gasteiger partial charge in [-0.05, 0) is 17.7 Å². The molecule has 4 atom stereocenters. The summed E-state index contributed by atoms with van der Waals surface area (Å²) >= 11 is 0. The minimum atomic E-state index is -1.59. The summed E-state index contributed by atoms with van der Waals surface area (Å²) in [5, 5.41) is 30.6. The maximum absolute atomic E-state index is 13.4. The van der Waals surface area contributed by atoms with Crippen molar-refractivity contribution in [1.82, 2.24) is 15.0 Å². The van der Waals surface area contributed by atoms with Crippen molar-refractivity contribution in [3.8, 4) is 11.3 Å². The first kappa shape index (κ1) is 18.1. The van der Waals surface area contributed by atoms with E-state index in [4.69, 9.17) is 10.3 Å². The van der Waals surface area contributed by atoms with Crippen molar-refractivity contribution in [1.29, 1.82) is 0 Å². The van der Waals surface area contributed by atoms with Gasteiger partial charge in [-0.15, -0.1) is 5.10 Å². The lowest BCUT2D eigenvalue weighted by Gasteiger charge is -2.36. The summed E-state index contributed by atoms with van der Waals surface area (Å²) in [5.41, 5.74) is 8.55. The molecule has 26 heavy (non-hydrogen) atoms. The Kier molecular flexibility index (Phi) is 5.09. The summed E-state index contributed by atoms with van der Waals surface area (Å²) in [6.07, 6.45) is -1.82. The second-order valence-electron chi connectivity index (χ2n) is 5.65. The predicted molar refractivity (Wildman–Crippen MR) is 79.9 cm³/mol. The molecule has 1 aliphatic rings. The van der Waals surface area contributed by atoms with Crippen LogP contribution in [0.5, 0.6) is 0 Å². The normalized spacial score (nSPS) is 25.7. The van der Waals surface area contributed by atoms with E-state index in [0.717, 1.165) is 12.1 Å². The van der Waals surface area contributed by atoms with E-state index in [-0.39, 0.29) is 17.7 Å². The third-order valence-corrected chi connectivity index (χ3v) is 4.04. The first-order valence-electron chi connectivity index (χ1n) is 7.50. The Labute approximate surface area is 144 Å². The fourth-order valence-electron chi connectivity index (χ4n) is 2.75. The lowest BCUT2D eigenvalue weighted by molar-refractivity contribution is -0.154. The Hall–Kier alpha value is -2.66. The van der Waals surface area contributed by atoms with Crippen LogP contribution in [-0.4, -0.2) is 50.2 Å². The van der Waals surface area contributed by atoms with E-state index in [0.29, 0.717) is 0 Å². The Morgan fingerprint density at radius 1 is 1.35 bits per heavy atom. The molecule has 1 aromatic carbocycles. The molecule has 1 aliphatic heterocycles. The number of benzene rings is 1. The molecule has 3 rings (SSSR count). The highest BCUT2D eigenvalue weighted by molar-refractivity contribution is 5.57. The van der Waals surface area contributed by atoms with Gasteiger partial charge in [0, 0.05) is 16.9 Å². The van der Waals surface area contributed by atoms with Gasteiger partial charge in [0.2, 0.25) is 0 Å². The number of hydrogen-bond acceptors (Lipinski definition) is 6. The molecule has 9 nitrogen and oxygen atoms in total. The smallest absolute Gasteiger partial charge is 0.194 e. The Balaban J connectivity index is 1.91. The second-order valence-corrected chi connectivity index (χ2v) is 5.65. The highest BCUT2D eigenvalue weighted by Crippen LogP contribution is 2.31. The summed E-state index contributed by atoms with van der Waals surface area (Å²) in [6, 6.07) is 0.770. The summed E-state index contributed by atoms with van der Waals surface area (Å²) in [6.45, 7) is -0.523.